The average molecular weight is 163 g/mol. The molecule has 12 heavy (non-hydrogen) atoms. The fourth-order valence-electron chi connectivity index (χ4n) is 0.791. The van der Waals surface area contributed by atoms with Crippen molar-refractivity contribution in [1.29, 1.82) is 0 Å². The van der Waals surface area contributed by atoms with E-state index in [0.717, 1.165) is 0 Å². The first-order valence-corrected chi connectivity index (χ1v) is 3.56. The summed E-state index contributed by atoms with van der Waals surface area (Å²) in [5.74, 6) is 0.173. The Balaban J connectivity index is 2.74. The van der Waals surface area contributed by atoms with E-state index in [1.54, 1.807) is 24.3 Å². The number of benzene rings is 1. The largest absolute Gasteiger partial charge is 0.507 e. The Morgan fingerprint density at radius 2 is 2.17 bits per heavy atom. The highest BCUT2D eigenvalue weighted by atomic mass is 16.3. The Morgan fingerprint density at radius 3 is 2.83 bits per heavy atom. The van der Waals surface area contributed by atoms with Gasteiger partial charge < -0.3 is 9.90 Å². The number of rotatable bonds is 3. The van der Waals surface area contributed by atoms with Crippen molar-refractivity contribution in [2.24, 2.45) is 4.99 Å². The van der Waals surface area contributed by atoms with Crippen molar-refractivity contribution in [1.82, 2.24) is 0 Å². The minimum Gasteiger partial charge on any atom is -0.507 e. The van der Waals surface area contributed by atoms with E-state index in [2.05, 4.69) is 4.99 Å². The lowest BCUT2D eigenvalue weighted by Gasteiger charge is -1.94. The highest BCUT2D eigenvalue weighted by Gasteiger charge is 1.92. The molecule has 0 heterocycles. The van der Waals surface area contributed by atoms with Crippen LogP contribution in [0.3, 0.4) is 0 Å². The first kappa shape index (κ1) is 8.46. The minimum absolute atomic E-state index is 0.133. The molecule has 0 fully saturated rings. The van der Waals surface area contributed by atoms with Crippen molar-refractivity contribution in [2.75, 3.05) is 6.54 Å². The molecule has 3 heteroatoms. The number of para-hydroxylation sites is 1. The Kier molecular flexibility index (Phi) is 3.02. The molecule has 62 valence electrons. The van der Waals surface area contributed by atoms with Crippen LogP contribution in [0, 0.1) is 0 Å². The van der Waals surface area contributed by atoms with Gasteiger partial charge in [-0.25, -0.2) is 0 Å². The molecule has 0 bridgehead atoms. The summed E-state index contributed by atoms with van der Waals surface area (Å²) >= 11 is 0. The Hall–Kier alpha value is -1.64. The third kappa shape index (κ3) is 2.20. The average Bonchev–Trinajstić information content (AvgIpc) is 2.09. The van der Waals surface area contributed by atoms with E-state index in [1.807, 2.05) is 0 Å². The van der Waals surface area contributed by atoms with Crippen molar-refractivity contribution in [3.8, 4) is 5.75 Å². The number of nitrogens with zero attached hydrogens (tertiary/aromatic N) is 1. The molecule has 1 aromatic rings. The fourth-order valence-corrected chi connectivity index (χ4v) is 0.791. The van der Waals surface area contributed by atoms with Crippen LogP contribution < -0.4 is 0 Å². The van der Waals surface area contributed by atoms with E-state index in [4.69, 9.17) is 0 Å². The zero-order valence-electron chi connectivity index (χ0n) is 6.47. The predicted molar refractivity (Wildman–Crippen MR) is 46.6 cm³/mol. The fraction of sp³-hybridized carbons (Fsp3) is 0.111. The lowest BCUT2D eigenvalue weighted by Crippen LogP contribution is -1.85. The molecular weight excluding hydrogens is 154 g/mol. The maximum atomic E-state index is 9.90. The van der Waals surface area contributed by atoms with Gasteiger partial charge in [0.2, 0.25) is 0 Å². The second-order valence-corrected chi connectivity index (χ2v) is 2.22. The second-order valence-electron chi connectivity index (χ2n) is 2.22. The summed E-state index contributed by atoms with van der Waals surface area (Å²) in [5, 5.41) is 9.23. The van der Waals surface area contributed by atoms with Crippen molar-refractivity contribution in [3.63, 3.8) is 0 Å². The molecule has 0 aliphatic rings. The SMILES string of the molecule is O=CCN=Cc1ccccc1O. The molecule has 0 aliphatic heterocycles. The van der Waals surface area contributed by atoms with Crippen LogP contribution >= 0.6 is 0 Å². The molecule has 0 amide bonds. The highest BCUT2D eigenvalue weighted by Crippen LogP contribution is 2.12. The summed E-state index contributed by atoms with van der Waals surface area (Å²) in [6.45, 7) is 0.133. The van der Waals surface area contributed by atoms with Crippen LogP contribution in [0.5, 0.6) is 5.75 Å². The Bertz CT molecular complexity index is 294. The number of phenolic OH excluding ortho intramolecular Hbond substituents is 1. The molecule has 3 nitrogen and oxygen atoms in total. The van der Waals surface area contributed by atoms with Crippen molar-refractivity contribution in [3.05, 3.63) is 29.8 Å². The second kappa shape index (κ2) is 4.28. The number of aldehydes is 1. The summed E-state index contributed by atoms with van der Waals surface area (Å²) in [4.78, 5) is 13.7. The Labute approximate surface area is 70.4 Å². The number of aromatic hydroxyl groups is 1. The van der Waals surface area contributed by atoms with Crippen LogP contribution in [0.15, 0.2) is 29.3 Å². The monoisotopic (exact) mass is 163 g/mol. The van der Waals surface area contributed by atoms with Crippen molar-refractivity contribution >= 4 is 12.5 Å². The normalized spacial score (nSPS) is 10.3. The zero-order valence-corrected chi connectivity index (χ0v) is 6.47. The molecule has 0 radical (unpaired) electrons. The third-order valence-corrected chi connectivity index (χ3v) is 1.35. The smallest absolute Gasteiger partial charge is 0.141 e. The lowest BCUT2D eigenvalue weighted by atomic mass is 10.2. The first-order valence-electron chi connectivity index (χ1n) is 3.56. The third-order valence-electron chi connectivity index (χ3n) is 1.35. The number of phenols is 1. The van der Waals surface area contributed by atoms with E-state index in [1.165, 1.54) is 6.21 Å². The molecule has 0 spiro atoms. The van der Waals surface area contributed by atoms with Gasteiger partial charge in [0.05, 0.1) is 6.54 Å². The van der Waals surface area contributed by atoms with Gasteiger partial charge in [0.25, 0.3) is 0 Å². The van der Waals surface area contributed by atoms with Gasteiger partial charge in [-0.05, 0) is 12.1 Å². The van der Waals surface area contributed by atoms with Gasteiger partial charge in [-0.15, -0.1) is 0 Å². The zero-order chi connectivity index (χ0) is 8.81. The van der Waals surface area contributed by atoms with Crippen LogP contribution in [0.4, 0.5) is 0 Å². The molecule has 0 aliphatic carbocycles. The van der Waals surface area contributed by atoms with Gasteiger partial charge in [0.15, 0.2) is 0 Å². The van der Waals surface area contributed by atoms with E-state index in [9.17, 15) is 9.90 Å². The van der Waals surface area contributed by atoms with Crippen LogP contribution in [0.25, 0.3) is 0 Å². The van der Waals surface area contributed by atoms with Gasteiger partial charge >= 0.3 is 0 Å². The standard InChI is InChI=1S/C9H9NO2/c11-6-5-10-7-8-3-1-2-4-9(8)12/h1-4,6-7,12H,5H2. The van der Waals surface area contributed by atoms with E-state index in [0.29, 0.717) is 11.8 Å². The molecular formula is C9H9NO2. The number of hydrogen-bond acceptors (Lipinski definition) is 3. The van der Waals surface area contributed by atoms with Crippen LogP contribution in [-0.4, -0.2) is 24.2 Å². The maximum Gasteiger partial charge on any atom is 0.141 e. The van der Waals surface area contributed by atoms with Gasteiger partial charge in [0.1, 0.15) is 12.0 Å². The summed E-state index contributed by atoms with van der Waals surface area (Å²) in [5.41, 5.74) is 0.624. The highest BCUT2D eigenvalue weighted by molar-refractivity contribution is 5.83. The minimum atomic E-state index is 0.133. The van der Waals surface area contributed by atoms with Crippen molar-refractivity contribution < 1.29 is 9.90 Å². The number of aliphatic imine (C=N–C) groups is 1. The van der Waals surface area contributed by atoms with Gasteiger partial charge in [-0.2, -0.15) is 0 Å². The van der Waals surface area contributed by atoms with Gasteiger partial charge in [-0.3, -0.25) is 4.99 Å². The van der Waals surface area contributed by atoms with E-state index in [-0.39, 0.29) is 12.3 Å². The Morgan fingerprint density at radius 1 is 1.42 bits per heavy atom. The van der Waals surface area contributed by atoms with E-state index >= 15 is 0 Å². The summed E-state index contributed by atoms with van der Waals surface area (Å²) in [6.07, 6.45) is 2.18. The summed E-state index contributed by atoms with van der Waals surface area (Å²) in [7, 11) is 0. The van der Waals surface area contributed by atoms with Gasteiger partial charge in [-0.1, -0.05) is 12.1 Å². The van der Waals surface area contributed by atoms with E-state index < -0.39 is 0 Å². The van der Waals surface area contributed by atoms with Crippen LogP contribution in [0.1, 0.15) is 5.56 Å². The molecule has 1 rings (SSSR count). The number of carbonyl (C=O) groups excluding carboxylic acids is 1. The molecule has 0 atom stereocenters. The molecule has 0 unspecified atom stereocenters. The summed E-state index contributed by atoms with van der Waals surface area (Å²) < 4.78 is 0. The first-order chi connectivity index (χ1) is 5.84. The maximum absolute atomic E-state index is 9.90. The topological polar surface area (TPSA) is 49.7 Å². The predicted octanol–water partition coefficient (Wildman–Crippen LogP) is 1.01. The molecule has 0 aromatic heterocycles. The lowest BCUT2D eigenvalue weighted by molar-refractivity contribution is -0.106. The molecule has 0 saturated carbocycles. The number of hydrogen-bond donors (Lipinski definition) is 1. The van der Waals surface area contributed by atoms with Crippen molar-refractivity contribution in [2.45, 2.75) is 0 Å². The molecule has 0 saturated heterocycles. The van der Waals surface area contributed by atoms with Gasteiger partial charge in [0, 0.05) is 11.8 Å². The van der Waals surface area contributed by atoms with Crippen LogP contribution in [0.2, 0.25) is 0 Å². The van der Waals surface area contributed by atoms with Crippen LogP contribution in [-0.2, 0) is 4.79 Å². The number of carbonyl (C=O) groups is 1. The summed E-state index contributed by atoms with van der Waals surface area (Å²) in [6, 6.07) is 6.82. The molecule has 1 N–H and O–H groups in total. The molecule has 1 aromatic carbocycles. The quantitative estimate of drug-likeness (QED) is 0.534.